The molecule has 1 aliphatic carbocycles. The van der Waals surface area contributed by atoms with Crippen LogP contribution >= 0.6 is 0 Å². The maximum Gasteiger partial charge on any atom is 0.241 e. The minimum absolute atomic E-state index is 0.0122. The van der Waals surface area contributed by atoms with Crippen molar-refractivity contribution in [3.63, 3.8) is 0 Å². The normalized spacial score (nSPS) is 14.3. The van der Waals surface area contributed by atoms with Crippen molar-refractivity contribution in [2.45, 2.75) is 25.4 Å². The van der Waals surface area contributed by atoms with E-state index >= 15 is 0 Å². The highest BCUT2D eigenvalue weighted by molar-refractivity contribution is 5.77. The molecule has 0 radical (unpaired) electrons. The van der Waals surface area contributed by atoms with Crippen molar-refractivity contribution in [3.05, 3.63) is 36.7 Å². The molecule has 0 unspecified atom stereocenters. The van der Waals surface area contributed by atoms with E-state index in [0.717, 1.165) is 24.0 Å². The van der Waals surface area contributed by atoms with E-state index in [1.807, 2.05) is 30.5 Å². The molecular weight excluding hydrogens is 240 g/mol. The van der Waals surface area contributed by atoms with Crippen LogP contribution in [0.15, 0.2) is 36.7 Å². The second kappa shape index (κ2) is 4.76. The number of nitrogen functional groups attached to an aromatic ring is 1. The topological polar surface area (TPSA) is 72.9 Å². The second-order valence-corrected chi connectivity index (χ2v) is 4.86. The Bertz CT molecular complexity index is 601. The van der Waals surface area contributed by atoms with E-state index in [0.29, 0.717) is 11.7 Å². The molecule has 1 aliphatic rings. The van der Waals surface area contributed by atoms with Gasteiger partial charge < -0.3 is 11.1 Å². The Morgan fingerprint density at radius 1 is 1.42 bits per heavy atom. The molecule has 1 aromatic heterocycles. The van der Waals surface area contributed by atoms with Crippen LogP contribution in [-0.4, -0.2) is 21.7 Å². The third kappa shape index (κ3) is 2.76. The van der Waals surface area contributed by atoms with E-state index in [-0.39, 0.29) is 12.5 Å². The molecule has 1 fully saturated rings. The molecule has 98 valence electrons. The van der Waals surface area contributed by atoms with Crippen LogP contribution in [0.3, 0.4) is 0 Å². The van der Waals surface area contributed by atoms with E-state index < -0.39 is 0 Å². The van der Waals surface area contributed by atoms with Crippen molar-refractivity contribution in [1.29, 1.82) is 0 Å². The average molecular weight is 256 g/mol. The Kier molecular flexibility index (Phi) is 2.95. The van der Waals surface area contributed by atoms with Crippen molar-refractivity contribution in [1.82, 2.24) is 15.1 Å². The molecule has 2 aromatic rings. The first kappa shape index (κ1) is 11.8. The van der Waals surface area contributed by atoms with E-state index in [2.05, 4.69) is 10.4 Å². The molecule has 1 saturated carbocycles. The monoisotopic (exact) mass is 256 g/mol. The van der Waals surface area contributed by atoms with Gasteiger partial charge in [0.05, 0.1) is 6.20 Å². The Labute approximate surface area is 111 Å². The van der Waals surface area contributed by atoms with E-state index in [1.54, 1.807) is 10.9 Å². The highest BCUT2D eigenvalue weighted by atomic mass is 16.2. The van der Waals surface area contributed by atoms with Gasteiger partial charge in [0.1, 0.15) is 6.54 Å². The third-order valence-corrected chi connectivity index (χ3v) is 3.15. The van der Waals surface area contributed by atoms with E-state index in [9.17, 15) is 4.79 Å². The quantitative estimate of drug-likeness (QED) is 0.812. The van der Waals surface area contributed by atoms with E-state index in [1.165, 1.54) is 0 Å². The van der Waals surface area contributed by atoms with Crippen molar-refractivity contribution in [2.24, 2.45) is 0 Å². The van der Waals surface area contributed by atoms with Gasteiger partial charge in [0.25, 0.3) is 0 Å². The fourth-order valence-corrected chi connectivity index (χ4v) is 2.00. The number of nitrogens with one attached hydrogen (secondary N) is 1. The molecule has 19 heavy (non-hydrogen) atoms. The molecule has 0 aliphatic heterocycles. The number of para-hydroxylation sites is 1. The minimum Gasteiger partial charge on any atom is -0.398 e. The number of rotatable bonds is 4. The Morgan fingerprint density at radius 2 is 2.21 bits per heavy atom. The number of aromatic nitrogens is 2. The summed E-state index contributed by atoms with van der Waals surface area (Å²) in [5, 5.41) is 7.14. The number of carbonyl (C=O) groups excluding carboxylic acids is 1. The molecular formula is C14H16N4O. The number of hydrogen-bond donors (Lipinski definition) is 2. The summed E-state index contributed by atoms with van der Waals surface area (Å²) >= 11 is 0. The highest BCUT2D eigenvalue weighted by Crippen LogP contribution is 2.24. The van der Waals surface area contributed by atoms with Gasteiger partial charge in [0.15, 0.2) is 0 Å². The van der Waals surface area contributed by atoms with Gasteiger partial charge in [0.2, 0.25) is 5.91 Å². The SMILES string of the molecule is Nc1ccccc1-c1cnn(CC(=O)NC2CC2)c1. The molecule has 1 heterocycles. The lowest BCUT2D eigenvalue weighted by Gasteiger charge is -2.03. The number of nitrogens with zero attached hydrogens (tertiary/aromatic N) is 2. The van der Waals surface area contributed by atoms with Crippen LogP contribution < -0.4 is 11.1 Å². The van der Waals surface area contributed by atoms with Crippen molar-refractivity contribution < 1.29 is 4.79 Å². The molecule has 0 bridgehead atoms. The Hall–Kier alpha value is -2.30. The van der Waals surface area contributed by atoms with Gasteiger partial charge in [-0.2, -0.15) is 5.10 Å². The fourth-order valence-electron chi connectivity index (χ4n) is 2.00. The van der Waals surface area contributed by atoms with Gasteiger partial charge >= 0.3 is 0 Å². The van der Waals surface area contributed by atoms with Crippen LogP contribution in [0.1, 0.15) is 12.8 Å². The van der Waals surface area contributed by atoms with Gasteiger partial charge in [-0.15, -0.1) is 0 Å². The van der Waals surface area contributed by atoms with Crippen LogP contribution in [0.5, 0.6) is 0 Å². The first-order valence-corrected chi connectivity index (χ1v) is 6.39. The largest absolute Gasteiger partial charge is 0.398 e. The van der Waals surface area contributed by atoms with Crippen LogP contribution in [0.4, 0.5) is 5.69 Å². The zero-order chi connectivity index (χ0) is 13.2. The molecule has 0 spiro atoms. The number of hydrogen-bond acceptors (Lipinski definition) is 3. The van der Waals surface area contributed by atoms with Crippen molar-refractivity contribution in [3.8, 4) is 11.1 Å². The second-order valence-electron chi connectivity index (χ2n) is 4.86. The third-order valence-electron chi connectivity index (χ3n) is 3.15. The molecule has 5 nitrogen and oxygen atoms in total. The van der Waals surface area contributed by atoms with Crippen LogP contribution in [0.25, 0.3) is 11.1 Å². The first-order chi connectivity index (χ1) is 9.22. The van der Waals surface area contributed by atoms with Crippen molar-refractivity contribution in [2.75, 3.05) is 5.73 Å². The summed E-state index contributed by atoms with van der Waals surface area (Å²) in [5.41, 5.74) is 8.50. The van der Waals surface area contributed by atoms with Crippen LogP contribution in [0.2, 0.25) is 0 Å². The lowest BCUT2D eigenvalue weighted by Crippen LogP contribution is -2.29. The summed E-state index contributed by atoms with van der Waals surface area (Å²) in [4.78, 5) is 11.7. The van der Waals surface area contributed by atoms with Gasteiger partial charge in [-0.05, 0) is 18.9 Å². The number of benzene rings is 1. The zero-order valence-corrected chi connectivity index (χ0v) is 10.5. The van der Waals surface area contributed by atoms with Gasteiger partial charge in [-0.25, -0.2) is 0 Å². The number of carbonyl (C=O) groups is 1. The van der Waals surface area contributed by atoms with E-state index in [4.69, 9.17) is 5.73 Å². The zero-order valence-electron chi connectivity index (χ0n) is 10.5. The molecule has 3 rings (SSSR count). The fraction of sp³-hybridized carbons (Fsp3) is 0.286. The summed E-state index contributed by atoms with van der Waals surface area (Å²) in [6, 6.07) is 8.01. The first-order valence-electron chi connectivity index (χ1n) is 6.39. The maximum absolute atomic E-state index is 11.7. The number of anilines is 1. The summed E-state index contributed by atoms with van der Waals surface area (Å²) in [5.74, 6) is 0.0122. The summed E-state index contributed by atoms with van der Waals surface area (Å²) < 4.78 is 1.64. The lowest BCUT2D eigenvalue weighted by atomic mass is 10.1. The standard InChI is InChI=1S/C14H16N4O/c15-13-4-2-1-3-12(13)10-7-16-18(8-10)9-14(19)17-11-5-6-11/h1-4,7-8,11H,5-6,9,15H2,(H,17,19). The minimum atomic E-state index is 0.0122. The molecule has 0 saturated heterocycles. The lowest BCUT2D eigenvalue weighted by molar-refractivity contribution is -0.122. The van der Waals surface area contributed by atoms with Crippen molar-refractivity contribution >= 4 is 11.6 Å². The predicted octanol–water partition coefficient (Wildman–Crippen LogP) is 1.41. The van der Waals surface area contributed by atoms with Gasteiger partial charge in [0, 0.05) is 29.1 Å². The molecule has 3 N–H and O–H groups in total. The van der Waals surface area contributed by atoms with Gasteiger partial charge in [-0.3, -0.25) is 9.48 Å². The molecule has 0 atom stereocenters. The van der Waals surface area contributed by atoms with Crippen LogP contribution in [-0.2, 0) is 11.3 Å². The number of nitrogens with two attached hydrogens (primary N) is 1. The Morgan fingerprint density at radius 3 is 2.95 bits per heavy atom. The van der Waals surface area contributed by atoms with Gasteiger partial charge in [-0.1, -0.05) is 18.2 Å². The predicted molar refractivity (Wildman–Crippen MR) is 73.2 cm³/mol. The molecule has 1 amide bonds. The summed E-state index contributed by atoms with van der Waals surface area (Å²) in [7, 11) is 0. The molecule has 1 aromatic carbocycles. The van der Waals surface area contributed by atoms with Crippen LogP contribution in [0, 0.1) is 0 Å². The smallest absolute Gasteiger partial charge is 0.241 e. The average Bonchev–Trinajstić information content (AvgIpc) is 3.07. The maximum atomic E-state index is 11.7. The summed E-state index contributed by atoms with van der Waals surface area (Å²) in [6.07, 6.45) is 5.77. The molecule has 5 heteroatoms. The highest BCUT2D eigenvalue weighted by Gasteiger charge is 2.23. The Balaban J connectivity index is 1.72. The summed E-state index contributed by atoms with van der Waals surface area (Å²) in [6.45, 7) is 0.253. The number of amides is 1.